The van der Waals surface area contributed by atoms with E-state index in [4.69, 9.17) is 0 Å². The minimum Gasteiger partial charge on any atom is -0.0885 e. The Morgan fingerprint density at radius 2 is 0.821 bits per heavy atom. The Hall–Kier alpha value is -0.260. The summed E-state index contributed by atoms with van der Waals surface area (Å²) in [5.41, 5.74) is 0. The maximum Gasteiger partial charge on any atom is -0.0325 e. The quantitative estimate of drug-likeness (QED) is 0.0599. The molecule has 0 N–H and O–H groups in total. The van der Waals surface area contributed by atoms with Gasteiger partial charge >= 0.3 is 0 Å². The van der Waals surface area contributed by atoms with Gasteiger partial charge in [-0.3, -0.25) is 0 Å². The van der Waals surface area contributed by atoms with Crippen LogP contribution in [0, 0.1) is 23.7 Å². The third kappa shape index (κ3) is 29.0. The lowest BCUT2D eigenvalue weighted by Gasteiger charge is -2.17. The van der Waals surface area contributed by atoms with Gasteiger partial charge in [0.15, 0.2) is 0 Å². The van der Waals surface area contributed by atoms with E-state index < -0.39 is 0 Å². The first-order valence-electron chi connectivity index (χ1n) is 18.7. The highest BCUT2D eigenvalue weighted by molar-refractivity contribution is 4.83. The molecule has 0 heteroatoms. The van der Waals surface area contributed by atoms with Gasteiger partial charge in [-0.15, -0.1) is 0 Å². The Morgan fingerprint density at radius 1 is 0.410 bits per heavy atom. The molecule has 0 spiro atoms. The first-order valence-corrected chi connectivity index (χ1v) is 18.7. The predicted molar refractivity (Wildman–Crippen MR) is 182 cm³/mol. The zero-order valence-corrected chi connectivity index (χ0v) is 28.6. The third-order valence-electron chi connectivity index (χ3n) is 9.48. The Bertz CT molecular complexity index is 476. The van der Waals surface area contributed by atoms with Crippen LogP contribution in [0.2, 0.25) is 0 Å². The smallest absolute Gasteiger partial charge is 0.0325 e. The van der Waals surface area contributed by atoms with Gasteiger partial charge in [-0.2, -0.15) is 0 Å². The number of hydrogen-bond acceptors (Lipinski definition) is 0. The van der Waals surface area contributed by atoms with Crippen molar-refractivity contribution in [1.29, 1.82) is 0 Å². The molecular formula is C39H78. The molecule has 0 nitrogen and oxygen atoms in total. The minimum atomic E-state index is 0.875. The van der Waals surface area contributed by atoms with Crippen LogP contribution in [0.5, 0.6) is 0 Å². The molecule has 0 radical (unpaired) electrons. The van der Waals surface area contributed by atoms with Crippen LogP contribution in [-0.2, 0) is 0 Å². The molecule has 0 rings (SSSR count). The topological polar surface area (TPSA) is 0 Å². The summed E-state index contributed by atoms with van der Waals surface area (Å²) in [5, 5.41) is 0. The molecule has 234 valence electrons. The Morgan fingerprint density at radius 3 is 1.31 bits per heavy atom. The number of hydrogen-bond donors (Lipinski definition) is 0. The fraction of sp³-hybridized carbons (Fsp3) is 0.949. The maximum atomic E-state index is 2.50. The predicted octanol–water partition coefficient (Wildman–Crippen LogP) is 14.7. The SMILES string of the molecule is CCCCC/C=C\CC(C)CCCCCCCCC(CC)CCCCCCCCC(C)CC(C)CCCCC. The van der Waals surface area contributed by atoms with Crippen molar-refractivity contribution in [3.63, 3.8) is 0 Å². The second-order valence-electron chi connectivity index (χ2n) is 13.9. The highest BCUT2D eigenvalue weighted by Gasteiger charge is 2.09. The Balaban J connectivity index is 3.51. The van der Waals surface area contributed by atoms with Gasteiger partial charge in [-0.1, -0.05) is 201 Å². The Labute approximate surface area is 250 Å². The highest BCUT2D eigenvalue weighted by atomic mass is 14.2. The largest absolute Gasteiger partial charge is 0.0885 e. The maximum absolute atomic E-state index is 2.50. The molecule has 0 aromatic rings. The molecule has 0 heterocycles. The monoisotopic (exact) mass is 547 g/mol. The standard InChI is InChI=1S/C39H78/c1-7-10-12-13-18-24-29-36(4)30-25-19-14-16-21-27-33-39(9-3)34-28-22-17-15-20-26-32-38(6)35-37(5)31-23-11-8-2/h18,24,36-39H,7-17,19-23,25-35H2,1-6H3/b24-18-. The van der Waals surface area contributed by atoms with Gasteiger partial charge in [0.05, 0.1) is 0 Å². The third-order valence-corrected chi connectivity index (χ3v) is 9.48. The molecule has 0 fully saturated rings. The molecule has 0 saturated carbocycles. The number of unbranched alkanes of at least 4 members (excludes halogenated alkanes) is 15. The van der Waals surface area contributed by atoms with E-state index in [9.17, 15) is 0 Å². The highest BCUT2D eigenvalue weighted by Crippen LogP contribution is 2.24. The molecule has 0 saturated heterocycles. The summed E-state index contributed by atoms with van der Waals surface area (Å²) < 4.78 is 0. The van der Waals surface area contributed by atoms with Crippen LogP contribution in [-0.4, -0.2) is 0 Å². The van der Waals surface area contributed by atoms with Crippen molar-refractivity contribution in [1.82, 2.24) is 0 Å². The molecule has 0 aromatic carbocycles. The van der Waals surface area contributed by atoms with E-state index in [1.807, 2.05) is 0 Å². The van der Waals surface area contributed by atoms with E-state index in [0.29, 0.717) is 0 Å². The zero-order valence-electron chi connectivity index (χ0n) is 28.6. The zero-order chi connectivity index (χ0) is 28.8. The molecule has 0 aliphatic carbocycles. The lowest BCUT2D eigenvalue weighted by molar-refractivity contribution is 0.357. The normalized spacial score (nSPS) is 15.1. The average molecular weight is 547 g/mol. The summed E-state index contributed by atoms with van der Waals surface area (Å²) >= 11 is 0. The second kappa shape index (κ2) is 30.7. The van der Waals surface area contributed by atoms with E-state index in [0.717, 1.165) is 23.7 Å². The summed E-state index contributed by atoms with van der Waals surface area (Å²) in [6.45, 7) is 14.5. The Kier molecular flexibility index (Phi) is 30.5. The van der Waals surface area contributed by atoms with Crippen LogP contribution in [0.25, 0.3) is 0 Å². The summed E-state index contributed by atoms with van der Waals surface area (Å²) in [6, 6.07) is 0. The summed E-state index contributed by atoms with van der Waals surface area (Å²) in [6.07, 6.45) is 43.6. The van der Waals surface area contributed by atoms with Crippen molar-refractivity contribution in [2.75, 3.05) is 0 Å². The van der Waals surface area contributed by atoms with Crippen molar-refractivity contribution in [2.45, 2.75) is 215 Å². The van der Waals surface area contributed by atoms with Gasteiger partial charge in [0, 0.05) is 0 Å². The lowest BCUT2D eigenvalue weighted by Crippen LogP contribution is -2.03. The van der Waals surface area contributed by atoms with Gasteiger partial charge < -0.3 is 0 Å². The van der Waals surface area contributed by atoms with E-state index in [1.165, 1.54) is 173 Å². The van der Waals surface area contributed by atoms with Gasteiger partial charge in [0.25, 0.3) is 0 Å². The van der Waals surface area contributed by atoms with Crippen molar-refractivity contribution in [3.05, 3.63) is 12.2 Å². The molecule has 39 heavy (non-hydrogen) atoms. The van der Waals surface area contributed by atoms with Gasteiger partial charge in [0.2, 0.25) is 0 Å². The van der Waals surface area contributed by atoms with E-state index >= 15 is 0 Å². The first kappa shape index (κ1) is 38.7. The summed E-state index contributed by atoms with van der Waals surface area (Å²) in [5.74, 6) is 3.75. The first-order chi connectivity index (χ1) is 19.0. The van der Waals surface area contributed by atoms with Crippen LogP contribution >= 0.6 is 0 Å². The van der Waals surface area contributed by atoms with E-state index in [2.05, 4.69) is 53.7 Å². The second-order valence-corrected chi connectivity index (χ2v) is 13.9. The summed E-state index contributed by atoms with van der Waals surface area (Å²) in [4.78, 5) is 0. The number of rotatable bonds is 31. The van der Waals surface area contributed by atoms with Crippen molar-refractivity contribution in [3.8, 4) is 0 Å². The van der Waals surface area contributed by atoms with Gasteiger partial charge in [-0.05, 0) is 49.4 Å². The minimum absolute atomic E-state index is 0.875. The molecule has 0 aliphatic rings. The van der Waals surface area contributed by atoms with Gasteiger partial charge in [0.1, 0.15) is 0 Å². The fourth-order valence-electron chi connectivity index (χ4n) is 6.56. The average Bonchev–Trinajstić information content (AvgIpc) is 2.92. The van der Waals surface area contributed by atoms with Gasteiger partial charge in [-0.25, -0.2) is 0 Å². The van der Waals surface area contributed by atoms with Crippen LogP contribution in [0.3, 0.4) is 0 Å². The van der Waals surface area contributed by atoms with Crippen molar-refractivity contribution >= 4 is 0 Å². The van der Waals surface area contributed by atoms with Crippen molar-refractivity contribution < 1.29 is 0 Å². The van der Waals surface area contributed by atoms with Crippen molar-refractivity contribution in [2.24, 2.45) is 23.7 Å². The van der Waals surface area contributed by atoms with Crippen LogP contribution < -0.4 is 0 Å². The molecule has 0 bridgehead atoms. The van der Waals surface area contributed by atoms with Crippen LogP contribution in [0.15, 0.2) is 12.2 Å². The molecule has 0 amide bonds. The molecule has 4 atom stereocenters. The molecular weight excluding hydrogens is 468 g/mol. The van der Waals surface area contributed by atoms with Crippen LogP contribution in [0.4, 0.5) is 0 Å². The molecule has 0 aliphatic heterocycles. The van der Waals surface area contributed by atoms with E-state index in [1.54, 1.807) is 0 Å². The lowest BCUT2D eigenvalue weighted by atomic mass is 9.89. The van der Waals surface area contributed by atoms with Crippen LogP contribution in [0.1, 0.15) is 215 Å². The number of allylic oxidation sites excluding steroid dienone is 2. The molecule has 4 unspecified atom stereocenters. The van der Waals surface area contributed by atoms with E-state index in [-0.39, 0.29) is 0 Å². The molecule has 0 aromatic heterocycles. The summed E-state index contributed by atoms with van der Waals surface area (Å²) in [7, 11) is 0. The fourth-order valence-corrected chi connectivity index (χ4v) is 6.56.